The van der Waals surface area contributed by atoms with Crippen molar-refractivity contribution in [2.24, 2.45) is 0 Å². The zero-order chi connectivity index (χ0) is 6.24. The maximum atomic E-state index is 8.09. The molecule has 2 N–H and O–H groups in total. The van der Waals surface area contributed by atoms with Gasteiger partial charge < -0.3 is 5.21 Å². The van der Waals surface area contributed by atoms with E-state index in [1.807, 2.05) is 6.08 Å². The van der Waals surface area contributed by atoms with Gasteiger partial charge in [0.1, 0.15) is 0 Å². The molecule has 0 unspecified atom stereocenters. The first-order valence-electron chi connectivity index (χ1n) is 2.89. The topological polar surface area (TPSA) is 32.3 Å². The summed E-state index contributed by atoms with van der Waals surface area (Å²) in [6, 6.07) is 0. The van der Waals surface area contributed by atoms with E-state index in [9.17, 15) is 0 Å². The van der Waals surface area contributed by atoms with Gasteiger partial charge in [-0.3, -0.25) is 0 Å². The largest absolute Gasteiger partial charge is 0.317 e. The molecule has 0 aromatic rings. The summed E-state index contributed by atoms with van der Waals surface area (Å²) in [7, 11) is 0. The second kappa shape index (κ2) is 6.66. The van der Waals surface area contributed by atoms with Crippen molar-refractivity contribution in [3.63, 3.8) is 0 Å². The lowest BCUT2D eigenvalue weighted by atomic mass is 10.2. The van der Waals surface area contributed by atoms with Crippen molar-refractivity contribution < 1.29 is 5.21 Å². The van der Waals surface area contributed by atoms with Crippen LogP contribution in [0.5, 0.6) is 0 Å². The molecule has 0 spiro atoms. The predicted octanol–water partition coefficient (Wildman–Crippen LogP) is 1.32. The van der Waals surface area contributed by atoms with Crippen LogP contribution in [0.1, 0.15) is 19.3 Å². The average molecular weight is 115 g/mol. The quantitative estimate of drug-likeness (QED) is 0.322. The molecular formula is C6H13NO. The Morgan fingerprint density at radius 1 is 1.50 bits per heavy atom. The van der Waals surface area contributed by atoms with Crippen LogP contribution >= 0.6 is 0 Å². The van der Waals surface area contributed by atoms with E-state index in [2.05, 4.69) is 12.1 Å². The van der Waals surface area contributed by atoms with Crippen LogP contribution in [0.2, 0.25) is 0 Å². The molecule has 0 radical (unpaired) electrons. The van der Waals surface area contributed by atoms with Gasteiger partial charge in [-0.05, 0) is 19.3 Å². The lowest BCUT2D eigenvalue weighted by molar-refractivity contribution is 0.165. The molecule has 0 atom stereocenters. The van der Waals surface area contributed by atoms with E-state index >= 15 is 0 Å². The van der Waals surface area contributed by atoms with Crippen LogP contribution in [0.3, 0.4) is 0 Å². The molecule has 2 heteroatoms. The van der Waals surface area contributed by atoms with Gasteiger partial charge in [-0.1, -0.05) is 6.08 Å². The molecule has 0 heterocycles. The number of rotatable bonds is 5. The van der Waals surface area contributed by atoms with Crippen molar-refractivity contribution in [3.05, 3.63) is 12.7 Å². The van der Waals surface area contributed by atoms with Crippen LogP contribution in [0, 0.1) is 0 Å². The van der Waals surface area contributed by atoms with Gasteiger partial charge in [0, 0.05) is 6.54 Å². The summed E-state index contributed by atoms with van der Waals surface area (Å²) in [6.07, 6.45) is 5.05. The average Bonchev–Trinajstić information content (AvgIpc) is 1.81. The SMILES string of the molecule is C=CCCCCNO. The zero-order valence-electron chi connectivity index (χ0n) is 5.06. The summed E-state index contributed by atoms with van der Waals surface area (Å²) in [5.41, 5.74) is 2.09. The third kappa shape index (κ3) is 5.66. The Morgan fingerprint density at radius 3 is 2.75 bits per heavy atom. The summed E-state index contributed by atoms with van der Waals surface area (Å²) in [5, 5.41) is 8.09. The molecule has 0 aliphatic heterocycles. The molecular weight excluding hydrogens is 102 g/mol. The van der Waals surface area contributed by atoms with Crippen LogP contribution in [-0.2, 0) is 0 Å². The number of hydrogen-bond donors (Lipinski definition) is 2. The highest BCUT2D eigenvalue weighted by atomic mass is 16.5. The van der Waals surface area contributed by atoms with Crippen molar-refractivity contribution in [1.29, 1.82) is 0 Å². The molecule has 0 aromatic heterocycles. The van der Waals surface area contributed by atoms with Crippen LogP contribution in [-0.4, -0.2) is 11.8 Å². The summed E-state index contributed by atoms with van der Waals surface area (Å²) >= 11 is 0. The third-order valence-corrected chi connectivity index (χ3v) is 0.947. The Labute approximate surface area is 50.2 Å². The van der Waals surface area contributed by atoms with Crippen molar-refractivity contribution >= 4 is 0 Å². The maximum absolute atomic E-state index is 8.09. The standard InChI is InChI=1S/C6H13NO/c1-2-3-4-5-6-7-8/h2,7-8H,1,3-6H2. The number of allylic oxidation sites excluding steroid dienone is 1. The van der Waals surface area contributed by atoms with Crippen molar-refractivity contribution in [3.8, 4) is 0 Å². The Kier molecular flexibility index (Phi) is 6.38. The molecule has 2 nitrogen and oxygen atoms in total. The second-order valence-corrected chi connectivity index (χ2v) is 1.69. The lowest BCUT2D eigenvalue weighted by Crippen LogP contribution is -2.07. The highest BCUT2D eigenvalue weighted by Crippen LogP contribution is 1.92. The molecule has 0 aliphatic rings. The van der Waals surface area contributed by atoms with E-state index < -0.39 is 0 Å². The Morgan fingerprint density at radius 2 is 2.25 bits per heavy atom. The molecule has 0 aliphatic carbocycles. The Balaban J connectivity index is 2.62. The molecule has 0 saturated carbocycles. The molecule has 48 valence electrons. The first kappa shape index (κ1) is 7.66. The van der Waals surface area contributed by atoms with Gasteiger partial charge in [0.15, 0.2) is 0 Å². The van der Waals surface area contributed by atoms with E-state index in [1.54, 1.807) is 0 Å². The fourth-order valence-corrected chi connectivity index (χ4v) is 0.493. The summed E-state index contributed by atoms with van der Waals surface area (Å²) in [5.74, 6) is 0. The van der Waals surface area contributed by atoms with Crippen LogP contribution < -0.4 is 5.48 Å². The maximum Gasteiger partial charge on any atom is 0.0207 e. The molecule has 8 heavy (non-hydrogen) atoms. The molecule has 0 saturated heterocycles. The fourth-order valence-electron chi connectivity index (χ4n) is 0.493. The van der Waals surface area contributed by atoms with E-state index in [-0.39, 0.29) is 0 Å². The minimum atomic E-state index is 0.688. The van der Waals surface area contributed by atoms with Gasteiger partial charge in [0.25, 0.3) is 0 Å². The van der Waals surface area contributed by atoms with Gasteiger partial charge in [0.2, 0.25) is 0 Å². The van der Waals surface area contributed by atoms with E-state index in [0.717, 1.165) is 19.3 Å². The van der Waals surface area contributed by atoms with Gasteiger partial charge in [-0.2, -0.15) is 0 Å². The van der Waals surface area contributed by atoms with Crippen molar-refractivity contribution in [2.75, 3.05) is 6.54 Å². The van der Waals surface area contributed by atoms with Gasteiger partial charge in [0.05, 0.1) is 0 Å². The minimum Gasteiger partial charge on any atom is -0.317 e. The smallest absolute Gasteiger partial charge is 0.0207 e. The number of hydrogen-bond acceptors (Lipinski definition) is 2. The van der Waals surface area contributed by atoms with E-state index in [1.165, 1.54) is 0 Å². The summed E-state index contributed by atoms with van der Waals surface area (Å²) < 4.78 is 0. The van der Waals surface area contributed by atoms with Gasteiger partial charge >= 0.3 is 0 Å². The fraction of sp³-hybridized carbons (Fsp3) is 0.667. The lowest BCUT2D eigenvalue weighted by Gasteiger charge is -1.93. The number of nitrogens with one attached hydrogen (secondary N) is 1. The van der Waals surface area contributed by atoms with Gasteiger partial charge in [-0.25, -0.2) is 5.48 Å². The van der Waals surface area contributed by atoms with Crippen LogP contribution in [0.4, 0.5) is 0 Å². The summed E-state index contributed by atoms with van der Waals surface area (Å²) in [6.45, 7) is 4.26. The molecule has 0 rings (SSSR count). The molecule has 0 fully saturated rings. The first-order chi connectivity index (χ1) is 3.91. The Hall–Kier alpha value is -0.340. The normalized spacial score (nSPS) is 9.12. The highest BCUT2D eigenvalue weighted by Gasteiger charge is 1.81. The molecule has 0 aromatic carbocycles. The Bertz CT molecular complexity index is 54.5. The number of hydroxylamine groups is 1. The predicted molar refractivity (Wildman–Crippen MR) is 33.8 cm³/mol. The van der Waals surface area contributed by atoms with Crippen molar-refractivity contribution in [2.45, 2.75) is 19.3 Å². The van der Waals surface area contributed by atoms with Crippen LogP contribution in [0.25, 0.3) is 0 Å². The van der Waals surface area contributed by atoms with Crippen molar-refractivity contribution in [1.82, 2.24) is 5.48 Å². The molecule has 0 amide bonds. The van der Waals surface area contributed by atoms with Crippen LogP contribution in [0.15, 0.2) is 12.7 Å². The summed E-state index contributed by atoms with van der Waals surface area (Å²) in [4.78, 5) is 0. The van der Waals surface area contributed by atoms with Gasteiger partial charge in [-0.15, -0.1) is 6.58 Å². The zero-order valence-corrected chi connectivity index (χ0v) is 5.06. The number of unbranched alkanes of at least 4 members (excludes halogenated alkanes) is 2. The third-order valence-electron chi connectivity index (χ3n) is 0.947. The molecule has 0 bridgehead atoms. The second-order valence-electron chi connectivity index (χ2n) is 1.69. The highest BCUT2D eigenvalue weighted by molar-refractivity contribution is 4.65. The van der Waals surface area contributed by atoms with E-state index in [0.29, 0.717) is 6.54 Å². The minimum absolute atomic E-state index is 0.688. The van der Waals surface area contributed by atoms with E-state index in [4.69, 9.17) is 5.21 Å². The monoisotopic (exact) mass is 115 g/mol. The first-order valence-corrected chi connectivity index (χ1v) is 2.89.